The molecule has 0 aliphatic carbocycles. The Morgan fingerprint density at radius 2 is 0.780 bits per heavy atom. The summed E-state index contributed by atoms with van der Waals surface area (Å²) in [5.41, 5.74) is 5.35. The van der Waals surface area contributed by atoms with Gasteiger partial charge in [-0.15, -0.1) is 0 Å². The van der Waals surface area contributed by atoms with Gasteiger partial charge in [0.15, 0.2) is 0 Å². The summed E-state index contributed by atoms with van der Waals surface area (Å²) in [6, 6.07) is 43.0. The summed E-state index contributed by atoms with van der Waals surface area (Å²) in [7, 11) is -0.656. The van der Waals surface area contributed by atoms with Crippen LogP contribution in [0.25, 0.3) is 0 Å². The van der Waals surface area contributed by atoms with E-state index in [4.69, 9.17) is 13.7 Å². The first-order valence-electron chi connectivity index (χ1n) is 14.9. The van der Waals surface area contributed by atoms with Gasteiger partial charge >= 0.3 is 249 Å². The van der Waals surface area contributed by atoms with Gasteiger partial charge in [-0.2, -0.15) is 0 Å². The molecule has 41 heavy (non-hydrogen) atoms. The second kappa shape index (κ2) is 14.9. The predicted octanol–water partition coefficient (Wildman–Crippen LogP) is 9.23. The molecule has 216 valence electrons. The van der Waals surface area contributed by atoms with E-state index >= 15 is 0 Å². The average molecular weight is 569 g/mol. The molecular weight excluding hydrogens is 522 g/mol. The van der Waals surface area contributed by atoms with Gasteiger partial charge in [-0.3, -0.25) is 0 Å². The second-order valence-corrected chi connectivity index (χ2v) is 19.6. The number of benzene rings is 4. The topological polar surface area (TPSA) is 27.7 Å². The van der Waals surface area contributed by atoms with Gasteiger partial charge in [0.2, 0.25) is 0 Å². The van der Waals surface area contributed by atoms with E-state index in [2.05, 4.69) is 148 Å². The Morgan fingerprint density at radius 3 is 1.05 bits per heavy atom. The maximum absolute atomic E-state index is 6.46. The van der Waals surface area contributed by atoms with Crippen LogP contribution in [0.5, 0.6) is 0 Å². The van der Waals surface area contributed by atoms with Gasteiger partial charge in [-0.25, -0.2) is 0 Å². The number of hydrogen-bond donors (Lipinski definition) is 0. The van der Waals surface area contributed by atoms with Crippen molar-refractivity contribution in [2.75, 3.05) is 39.9 Å². The first-order valence-corrected chi connectivity index (χ1v) is 18.8. The molecule has 0 heterocycles. The third kappa shape index (κ3) is 10.9. The predicted molar refractivity (Wildman–Crippen MR) is 177 cm³/mol. The molecule has 0 N–H and O–H groups in total. The van der Waals surface area contributed by atoms with Crippen molar-refractivity contribution in [2.45, 2.75) is 37.5 Å². The van der Waals surface area contributed by atoms with E-state index in [0.717, 1.165) is 25.7 Å². The van der Waals surface area contributed by atoms with Crippen molar-refractivity contribution in [3.8, 4) is 0 Å². The van der Waals surface area contributed by atoms with Crippen molar-refractivity contribution >= 4 is 14.2 Å². The van der Waals surface area contributed by atoms with Gasteiger partial charge in [-0.05, 0) is 0 Å². The third-order valence-corrected chi connectivity index (χ3v) is 8.11. The molecule has 4 aromatic carbocycles. The van der Waals surface area contributed by atoms with Crippen molar-refractivity contribution < 1.29 is 13.7 Å². The molecule has 0 radical (unpaired) electrons. The minimum atomic E-state index is -2.32. The standard InChI is InChI=1S/C36H46BO3P/c1-41(2,3,4)40-37(38-29-17-27-35(31-19-9-5-10-20-31)32-21-11-6-12-22-32)39-30-18-28-36(33-23-13-7-14-24-33)34-25-15-8-16-26-34/h5-16,19-26,35-36H,17-18,27-30H2,1-4H3. The van der Waals surface area contributed by atoms with Crippen molar-refractivity contribution in [1.82, 2.24) is 0 Å². The molecule has 4 rings (SSSR count). The Bertz CT molecular complexity index is 1100. The van der Waals surface area contributed by atoms with Crippen LogP contribution in [0.2, 0.25) is 0 Å². The van der Waals surface area contributed by atoms with Crippen LogP contribution in [0.15, 0.2) is 121 Å². The summed E-state index contributed by atoms with van der Waals surface area (Å²) in [4.78, 5) is 0. The van der Waals surface area contributed by atoms with Gasteiger partial charge in [0.05, 0.1) is 0 Å². The van der Waals surface area contributed by atoms with Gasteiger partial charge in [0, 0.05) is 0 Å². The number of rotatable bonds is 16. The van der Waals surface area contributed by atoms with Crippen LogP contribution in [0, 0.1) is 0 Å². The van der Waals surface area contributed by atoms with E-state index < -0.39 is 14.2 Å². The summed E-state index contributed by atoms with van der Waals surface area (Å²) >= 11 is 0. The SMILES string of the molecule is CP(C)(C)(C)OB(OCCCC(c1ccccc1)c1ccccc1)OCCCC(c1ccccc1)c1ccccc1. The Kier molecular flexibility index (Phi) is 11.4. The number of hydrogen-bond acceptors (Lipinski definition) is 3. The zero-order valence-corrected chi connectivity index (χ0v) is 26.1. The normalized spacial score (nSPS) is 12.8. The van der Waals surface area contributed by atoms with Crippen molar-refractivity contribution in [3.05, 3.63) is 144 Å². The Labute approximate surface area is 248 Å². The summed E-state index contributed by atoms with van der Waals surface area (Å²) in [6.45, 7) is 7.61. The van der Waals surface area contributed by atoms with Crippen LogP contribution >= 0.6 is 6.83 Å². The van der Waals surface area contributed by atoms with Crippen molar-refractivity contribution in [1.29, 1.82) is 0 Å². The Balaban J connectivity index is 1.33. The monoisotopic (exact) mass is 568 g/mol. The molecule has 0 bridgehead atoms. The fourth-order valence-electron chi connectivity index (χ4n) is 5.18. The van der Waals surface area contributed by atoms with Crippen LogP contribution in [0.3, 0.4) is 0 Å². The van der Waals surface area contributed by atoms with Crippen molar-refractivity contribution in [2.24, 2.45) is 0 Å². The molecule has 4 aromatic rings. The van der Waals surface area contributed by atoms with E-state index in [1.807, 2.05) is 0 Å². The fraction of sp³-hybridized carbons (Fsp3) is 0.333. The van der Waals surface area contributed by atoms with E-state index in [9.17, 15) is 0 Å². The molecule has 5 heteroatoms. The molecule has 0 fully saturated rings. The molecule has 0 aromatic heterocycles. The summed E-state index contributed by atoms with van der Waals surface area (Å²) in [5, 5.41) is 0. The van der Waals surface area contributed by atoms with E-state index in [-0.39, 0.29) is 0 Å². The molecule has 0 aliphatic heterocycles. The molecule has 3 nitrogen and oxygen atoms in total. The molecule has 0 aliphatic rings. The van der Waals surface area contributed by atoms with Crippen LogP contribution < -0.4 is 0 Å². The van der Waals surface area contributed by atoms with E-state index in [1.165, 1.54) is 22.3 Å². The molecular formula is C36H46BO3P. The average Bonchev–Trinajstić information content (AvgIpc) is 2.97. The molecule has 0 spiro atoms. The molecule has 0 unspecified atom stereocenters. The van der Waals surface area contributed by atoms with Gasteiger partial charge in [0.1, 0.15) is 0 Å². The Hall–Kier alpha value is -2.75. The van der Waals surface area contributed by atoms with Crippen LogP contribution in [-0.2, 0) is 13.7 Å². The van der Waals surface area contributed by atoms with Crippen LogP contribution in [0.1, 0.15) is 59.8 Å². The third-order valence-electron chi connectivity index (χ3n) is 7.10. The molecule has 0 saturated carbocycles. The minimum absolute atomic E-state index is 0.336. The van der Waals surface area contributed by atoms with Gasteiger partial charge in [0.25, 0.3) is 0 Å². The second-order valence-electron chi connectivity index (χ2n) is 12.6. The van der Waals surface area contributed by atoms with E-state index in [0.29, 0.717) is 25.0 Å². The summed E-state index contributed by atoms with van der Waals surface area (Å²) < 4.78 is 19.0. The maximum atomic E-state index is 6.46. The van der Waals surface area contributed by atoms with Gasteiger partial charge < -0.3 is 0 Å². The summed E-state index contributed by atoms with van der Waals surface area (Å²) in [5.74, 6) is 0.672. The van der Waals surface area contributed by atoms with Crippen LogP contribution in [-0.4, -0.2) is 47.2 Å². The van der Waals surface area contributed by atoms with Gasteiger partial charge in [-0.1, -0.05) is 0 Å². The molecule has 0 amide bonds. The zero-order chi connectivity index (χ0) is 29.0. The summed E-state index contributed by atoms with van der Waals surface area (Å²) in [6.07, 6.45) is 3.82. The first kappa shape index (κ1) is 31.2. The van der Waals surface area contributed by atoms with Crippen molar-refractivity contribution in [3.63, 3.8) is 0 Å². The quantitative estimate of drug-likeness (QED) is 0.0766. The fourth-order valence-corrected chi connectivity index (χ4v) is 5.99. The Morgan fingerprint density at radius 1 is 0.488 bits per heavy atom. The first-order chi connectivity index (χ1) is 19.7. The molecule has 0 atom stereocenters. The molecule has 0 saturated heterocycles. The zero-order valence-electron chi connectivity index (χ0n) is 25.2. The van der Waals surface area contributed by atoms with Crippen LogP contribution in [0.4, 0.5) is 0 Å². The van der Waals surface area contributed by atoms with E-state index in [1.54, 1.807) is 0 Å².